The molecule has 0 radical (unpaired) electrons. The number of hydrogen-bond donors (Lipinski definition) is 1. The van der Waals surface area contributed by atoms with E-state index < -0.39 is 5.97 Å². The fraction of sp³-hybridized carbons (Fsp3) is 0.310. The van der Waals surface area contributed by atoms with Gasteiger partial charge >= 0.3 is 5.97 Å². The second-order valence-corrected chi connectivity index (χ2v) is 9.34. The highest BCUT2D eigenvalue weighted by atomic mass is 19.1. The summed E-state index contributed by atoms with van der Waals surface area (Å²) in [6.07, 6.45) is 1.73. The molecule has 180 valence electrons. The second-order valence-electron chi connectivity index (χ2n) is 9.34. The van der Waals surface area contributed by atoms with Gasteiger partial charge in [0.2, 0.25) is 5.91 Å². The van der Waals surface area contributed by atoms with E-state index in [-0.39, 0.29) is 30.0 Å². The van der Waals surface area contributed by atoms with Crippen LogP contribution in [-0.2, 0) is 28.9 Å². The van der Waals surface area contributed by atoms with Gasteiger partial charge in [-0.05, 0) is 71.2 Å². The number of methoxy groups -OCH3 is 1. The molecule has 2 atom stereocenters. The van der Waals surface area contributed by atoms with Crippen LogP contribution < -0.4 is 4.74 Å². The summed E-state index contributed by atoms with van der Waals surface area (Å²) in [4.78, 5) is 26.4. The van der Waals surface area contributed by atoms with Crippen molar-refractivity contribution in [2.24, 2.45) is 5.92 Å². The van der Waals surface area contributed by atoms with Crippen LogP contribution in [-0.4, -0.2) is 42.1 Å². The summed E-state index contributed by atoms with van der Waals surface area (Å²) in [7, 11) is 1.57. The van der Waals surface area contributed by atoms with Crippen molar-refractivity contribution in [3.8, 4) is 16.9 Å². The zero-order valence-corrected chi connectivity index (χ0v) is 19.7. The minimum Gasteiger partial charge on any atom is -0.496 e. The zero-order chi connectivity index (χ0) is 24.5. The first-order valence-corrected chi connectivity index (χ1v) is 12.0. The van der Waals surface area contributed by atoms with Crippen LogP contribution in [0.2, 0.25) is 0 Å². The lowest BCUT2D eigenvalue weighted by Gasteiger charge is -2.20. The Hall–Kier alpha value is -3.67. The molecule has 5 rings (SSSR count). The average molecular weight is 474 g/mol. The van der Waals surface area contributed by atoms with Crippen LogP contribution in [0.15, 0.2) is 60.7 Å². The van der Waals surface area contributed by atoms with Gasteiger partial charge in [-0.15, -0.1) is 0 Å². The van der Waals surface area contributed by atoms with Gasteiger partial charge in [-0.2, -0.15) is 0 Å². The Balaban J connectivity index is 1.41. The van der Waals surface area contributed by atoms with E-state index in [1.54, 1.807) is 25.3 Å². The first-order chi connectivity index (χ1) is 17.0. The van der Waals surface area contributed by atoms with Crippen LogP contribution in [0, 0.1) is 11.7 Å². The maximum atomic E-state index is 15.0. The number of ether oxygens (including phenoxy) is 1. The third-order valence-electron chi connectivity index (χ3n) is 7.19. The topological polar surface area (TPSA) is 66.8 Å². The van der Waals surface area contributed by atoms with Crippen molar-refractivity contribution in [3.05, 3.63) is 88.7 Å². The Labute approximate surface area is 204 Å². The van der Waals surface area contributed by atoms with Gasteiger partial charge < -0.3 is 14.7 Å². The summed E-state index contributed by atoms with van der Waals surface area (Å²) < 4.78 is 20.5. The summed E-state index contributed by atoms with van der Waals surface area (Å²) >= 11 is 0. The molecule has 1 aliphatic carbocycles. The van der Waals surface area contributed by atoms with Crippen molar-refractivity contribution in [2.75, 3.05) is 20.2 Å². The smallest absolute Gasteiger partial charge is 0.307 e. The van der Waals surface area contributed by atoms with Gasteiger partial charge in [0.15, 0.2) is 0 Å². The number of carbonyl (C=O) groups excluding carboxylic acids is 1. The molecule has 2 unspecified atom stereocenters. The van der Waals surface area contributed by atoms with Crippen molar-refractivity contribution in [2.45, 2.75) is 31.6 Å². The number of carboxylic acid groups (broad SMARTS) is 1. The highest BCUT2D eigenvalue weighted by molar-refractivity contribution is 5.83. The Morgan fingerprint density at radius 3 is 2.46 bits per heavy atom. The van der Waals surface area contributed by atoms with Gasteiger partial charge in [0, 0.05) is 24.6 Å². The Bertz CT molecular complexity index is 1270. The van der Waals surface area contributed by atoms with E-state index in [2.05, 4.69) is 12.1 Å². The molecule has 0 bridgehead atoms. The predicted octanol–water partition coefficient (Wildman–Crippen LogP) is 4.86. The van der Waals surface area contributed by atoms with Crippen LogP contribution in [0.3, 0.4) is 0 Å². The van der Waals surface area contributed by atoms with E-state index in [0.717, 1.165) is 23.1 Å². The lowest BCUT2D eigenvalue weighted by Crippen LogP contribution is -2.34. The van der Waals surface area contributed by atoms with Gasteiger partial charge in [0.05, 0.1) is 13.5 Å². The number of benzene rings is 3. The number of fused-ring (bicyclic) bond motifs is 1. The molecule has 1 fully saturated rings. The predicted molar refractivity (Wildman–Crippen MR) is 131 cm³/mol. The number of nitrogens with zero attached hydrogens (tertiary/aromatic N) is 1. The van der Waals surface area contributed by atoms with Crippen molar-refractivity contribution < 1.29 is 23.8 Å². The number of aliphatic carboxylic acids is 1. The minimum atomic E-state index is -0.915. The molecule has 1 aliphatic heterocycles. The maximum Gasteiger partial charge on any atom is 0.307 e. The Kier molecular flexibility index (Phi) is 6.29. The normalized spacial score (nSPS) is 19.0. The molecular formula is C29H28FNO4. The highest BCUT2D eigenvalue weighted by Crippen LogP contribution is 2.48. The van der Waals surface area contributed by atoms with Crippen LogP contribution in [0.1, 0.15) is 34.6 Å². The van der Waals surface area contributed by atoms with Crippen LogP contribution in [0.5, 0.6) is 5.75 Å². The second kappa shape index (κ2) is 9.53. The lowest BCUT2D eigenvalue weighted by atomic mass is 9.90. The minimum absolute atomic E-state index is 0.00396. The largest absolute Gasteiger partial charge is 0.496 e. The van der Waals surface area contributed by atoms with E-state index >= 15 is 0 Å². The van der Waals surface area contributed by atoms with E-state index in [1.807, 2.05) is 29.2 Å². The quantitative estimate of drug-likeness (QED) is 0.555. The Morgan fingerprint density at radius 2 is 1.74 bits per heavy atom. The fourth-order valence-electron chi connectivity index (χ4n) is 5.32. The molecule has 1 amide bonds. The molecule has 1 heterocycles. The fourth-order valence-corrected chi connectivity index (χ4v) is 5.32. The van der Waals surface area contributed by atoms with Crippen LogP contribution >= 0.6 is 0 Å². The maximum absolute atomic E-state index is 15.0. The molecule has 1 saturated carbocycles. The van der Waals surface area contributed by atoms with Crippen LogP contribution in [0.4, 0.5) is 4.39 Å². The molecule has 1 N–H and O–H groups in total. The van der Waals surface area contributed by atoms with E-state index in [4.69, 9.17) is 4.74 Å². The molecule has 0 aromatic heterocycles. The summed E-state index contributed by atoms with van der Waals surface area (Å²) in [5.74, 6) is -0.170. The van der Waals surface area contributed by atoms with Gasteiger partial charge in [-0.25, -0.2) is 4.39 Å². The van der Waals surface area contributed by atoms with Gasteiger partial charge in [-0.1, -0.05) is 42.5 Å². The molecule has 5 nitrogen and oxygen atoms in total. The molecule has 0 saturated heterocycles. The van der Waals surface area contributed by atoms with Crippen molar-refractivity contribution >= 4 is 11.9 Å². The summed E-state index contributed by atoms with van der Waals surface area (Å²) in [5.41, 5.74) is 4.91. The number of hydrogen-bond acceptors (Lipinski definition) is 3. The molecule has 0 spiro atoms. The Morgan fingerprint density at radius 1 is 1.00 bits per heavy atom. The lowest BCUT2D eigenvalue weighted by molar-refractivity contribution is -0.136. The number of carbonyl (C=O) groups is 2. The van der Waals surface area contributed by atoms with E-state index in [9.17, 15) is 19.1 Å². The third-order valence-corrected chi connectivity index (χ3v) is 7.19. The molecule has 35 heavy (non-hydrogen) atoms. The molecule has 6 heteroatoms. The van der Waals surface area contributed by atoms with Crippen molar-refractivity contribution in [1.29, 1.82) is 0 Å². The van der Waals surface area contributed by atoms with E-state index in [0.29, 0.717) is 42.8 Å². The zero-order valence-electron chi connectivity index (χ0n) is 19.7. The summed E-state index contributed by atoms with van der Waals surface area (Å²) in [5, 5.41) is 9.22. The van der Waals surface area contributed by atoms with Crippen LogP contribution in [0.25, 0.3) is 11.1 Å². The van der Waals surface area contributed by atoms with E-state index in [1.165, 1.54) is 11.6 Å². The molecule has 2 aliphatic rings. The molecule has 3 aromatic rings. The first-order valence-electron chi connectivity index (χ1n) is 12.0. The summed E-state index contributed by atoms with van der Waals surface area (Å²) in [6.45, 7) is 1.01. The van der Waals surface area contributed by atoms with Crippen molar-refractivity contribution in [3.63, 3.8) is 0 Å². The average Bonchev–Trinajstić information content (AvgIpc) is 3.68. The monoisotopic (exact) mass is 473 g/mol. The van der Waals surface area contributed by atoms with Gasteiger partial charge in [-0.3, -0.25) is 9.59 Å². The third kappa shape index (κ3) is 4.65. The number of rotatable bonds is 6. The summed E-state index contributed by atoms with van der Waals surface area (Å²) in [6, 6.07) is 18.6. The first kappa shape index (κ1) is 23.1. The number of halogens is 1. The number of carboxylic acids is 1. The van der Waals surface area contributed by atoms with Gasteiger partial charge in [0.25, 0.3) is 0 Å². The molecular weight excluding hydrogens is 445 g/mol. The van der Waals surface area contributed by atoms with Crippen molar-refractivity contribution in [1.82, 2.24) is 4.90 Å². The number of amides is 1. The molecule has 3 aromatic carbocycles. The SMILES string of the molecule is COc1ccc(CC(=O)O)cc1-c1ccc(F)c2c1CCN(C(=O)C1CC1c1ccccc1)CC2. The highest BCUT2D eigenvalue weighted by Gasteiger charge is 2.45. The standard InChI is InChI=1S/C29H28FNO4/c1-35-27-10-7-18(16-28(32)33)15-24(27)20-8-9-26(30)22-12-14-31(13-11-21(20)22)29(34)25-17-23(25)19-5-3-2-4-6-19/h2-10,15,23,25H,11-14,16-17H2,1H3,(H,32,33). The van der Waals surface area contributed by atoms with Gasteiger partial charge in [0.1, 0.15) is 11.6 Å².